The van der Waals surface area contributed by atoms with Crippen molar-refractivity contribution in [3.8, 4) is 10.6 Å². The fraction of sp³-hybridized carbons (Fsp3) is 0.0952. The number of amides is 1. The number of aryl methyl sites for hydroxylation is 1. The summed E-state index contributed by atoms with van der Waals surface area (Å²) in [5, 5.41) is 5.48. The molecular formula is C21H16BrN3OS2. The van der Waals surface area contributed by atoms with Crippen LogP contribution in [0.2, 0.25) is 0 Å². The molecule has 0 aliphatic carbocycles. The van der Waals surface area contributed by atoms with Gasteiger partial charge >= 0.3 is 0 Å². The molecule has 2 aromatic heterocycles. The van der Waals surface area contributed by atoms with Crippen LogP contribution in [0.25, 0.3) is 10.6 Å². The molecule has 0 saturated heterocycles. The number of benzene rings is 2. The maximum atomic E-state index is 13.2. The van der Waals surface area contributed by atoms with E-state index in [1.54, 1.807) is 16.2 Å². The summed E-state index contributed by atoms with van der Waals surface area (Å²) in [6.45, 7) is 1.93. The van der Waals surface area contributed by atoms with Gasteiger partial charge in [-0.2, -0.15) is 0 Å². The standard InChI is InChI=1S/C21H16BrN3OS2/c1-14-12-28-21(23-14)25(18-8-3-2-4-9-18)19(26)11-17-13-27-20(24-17)15-6-5-7-16(22)10-15/h2-10,12-13H,11H2,1H3. The minimum absolute atomic E-state index is 0.0494. The third-order valence-electron chi connectivity index (χ3n) is 4.02. The number of halogens is 1. The Morgan fingerprint density at radius 3 is 2.57 bits per heavy atom. The summed E-state index contributed by atoms with van der Waals surface area (Å²) in [5.41, 5.74) is 3.51. The highest BCUT2D eigenvalue weighted by molar-refractivity contribution is 9.10. The predicted molar refractivity (Wildman–Crippen MR) is 119 cm³/mol. The average molecular weight is 470 g/mol. The summed E-state index contributed by atoms with van der Waals surface area (Å²) in [6, 6.07) is 17.6. The monoisotopic (exact) mass is 469 g/mol. The summed E-state index contributed by atoms with van der Waals surface area (Å²) in [4.78, 5) is 24.0. The Kier molecular flexibility index (Phi) is 5.66. The summed E-state index contributed by atoms with van der Waals surface area (Å²) in [7, 11) is 0. The first-order valence-electron chi connectivity index (χ1n) is 8.60. The van der Waals surface area contributed by atoms with Gasteiger partial charge in [0.2, 0.25) is 5.91 Å². The van der Waals surface area contributed by atoms with Crippen LogP contribution in [0.15, 0.2) is 69.8 Å². The highest BCUT2D eigenvalue weighted by atomic mass is 79.9. The van der Waals surface area contributed by atoms with Crippen LogP contribution in [0.1, 0.15) is 11.4 Å². The van der Waals surface area contributed by atoms with E-state index in [1.165, 1.54) is 11.3 Å². The zero-order valence-electron chi connectivity index (χ0n) is 15.0. The fourth-order valence-corrected chi connectivity index (χ4v) is 4.81. The number of hydrogen-bond acceptors (Lipinski definition) is 5. The normalized spacial score (nSPS) is 10.8. The number of aromatic nitrogens is 2. The lowest BCUT2D eigenvalue weighted by atomic mass is 10.2. The van der Waals surface area contributed by atoms with Crippen molar-refractivity contribution in [2.75, 3.05) is 4.90 Å². The average Bonchev–Trinajstić information content (AvgIpc) is 3.32. The van der Waals surface area contributed by atoms with Crippen LogP contribution in [-0.2, 0) is 11.2 Å². The highest BCUT2D eigenvalue weighted by Crippen LogP contribution is 2.30. The number of anilines is 2. The van der Waals surface area contributed by atoms with Gasteiger partial charge in [-0.3, -0.25) is 9.69 Å². The molecule has 0 aliphatic heterocycles. The molecule has 0 saturated carbocycles. The SMILES string of the molecule is Cc1csc(N(C(=O)Cc2csc(-c3cccc(Br)c3)n2)c2ccccc2)n1. The van der Waals surface area contributed by atoms with Crippen LogP contribution >= 0.6 is 38.6 Å². The third-order valence-corrected chi connectivity index (χ3v) is 6.39. The topological polar surface area (TPSA) is 46.1 Å². The molecule has 4 rings (SSSR count). The summed E-state index contributed by atoms with van der Waals surface area (Å²) in [5.74, 6) is -0.0494. The van der Waals surface area contributed by atoms with Gasteiger partial charge in [-0.15, -0.1) is 22.7 Å². The van der Waals surface area contributed by atoms with Crippen molar-refractivity contribution in [3.05, 3.63) is 81.2 Å². The number of para-hydroxylation sites is 1. The first-order valence-corrected chi connectivity index (χ1v) is 11.2. The number of nitrogens with zero attached hydrogens (tertiary/aromatic N) is 3. The zero-order valence-corrected chi connectivity index (χ0v) is 18.2. The van der Waals surface area contributed by atoms with Crippen LogP contribution in [0.4, 0.5) is 10.8 Å². The molecule has 0 fully saturated rings. The fourth-order valence-electron chi connectivity index (χ4n) is 2.76. The number of hydrogen-bond donors (Lipinski definition) is 0. The molecule has 4 aromatic rings. The van der Waals surface area contributed by atoms with Gasteiger partial charge in [-0.05, 0) is 31.2 Å². The minimum Gasteiger partial charge on any atom is -0.274 e. The molecule has 2 aromatic carbocycles. The largest absolute Gasteiger partial charge is 0.274 e. The van der Waals surface area contributed by atoms with E-state index in [4.69, 9.17) is 0 Å². The third kappa shape index (κ3) is 4.22. The van der Waals surface area contributed by atoms with Crippen LogP contribution in [0.5, 0.6) is 0 Å². The second-order valence-corrected chi connectivity index (χ2v) is 8.78. The van der Waals surface area contributed by atoms with E-state index in [0.29, 0.717) is 5.13 Å². The quantitative estimate of drug-likeness (QED) is 0.347. The zero-order chi connectivity index (χ0) is 19.5. The van der Waals surface area contributed by atoms with Crippen molar-refractivity contribution in [2.45, 2.75) is 13.3 Å². The Morgan fingerprint density at radius 2 is 1.86 bits per heavy atom. The van der Waals surface area contributed by atoms with Gasteiger partial charge < -0.3 is 0 Å². The van der Waals surface area contributed by atoms with E-state index < -0.39 is 0 Å². The van der Waals surface area contributed by atoms with Gasteiger partial charge in [0.15, 0.2) is 5.13 Å². The molecule has 140 valence electrons. The Balaban J connectivity index is 1.60. The van der Waals surface area contributed by atoms with Crippen molar-refractivity contribution < 1.29 is 4.79 Å². The number of carbonyl (C=O) groups excluding carboxylic acids is 1. The first-order chi connectivity index (χ1) is 13.6. The van der Waals surface area contributed by atoms with E-state index in [-0.39, 0.29) is 12.3 Å². The molecule has 2 heterocycles. The number of carbonyl (C=O) groups is 1. The number of rotatable bonds is 5. The lowest BCUT2D eigenvalue weighted by Gasteiger charge is -2.19. The van der Waals surface area contributed by atoms with Crippen LogP contribution < -0.4 is 4.90 Å². The Morgan fingerprint density at radius 1 is 1.04 bits per heavy atom. The maximum Gasteiger partial charge on any atom is 0.239 e. The molecule has 0 aliphatic rings. The molecule has 7 heteroatoms. The van der Waals surface area contributed by atoms with Crippen molar-refractivity contribution in [3.63, 3.8) is 0 Å². The smallest absolute Gasteiger partial charge is 0.239 e. The van der Waals surface area contributed by atoms with Crippen LogP contribution in [0.3, 0.4) is 0 Å². The lowest BCUT2D eigenvalue weighted by molar-refractivity contribution is -0.117. The van der Waals surface area contributed by atoms with Gasteiger partial charge in [0.05, 0.1) is 23.5 Å². The van der Waals surface area contributed by atoms with Crippen LogP contribution in [0, 0.1) is 6.92 Å². The molecule has 1 amide bonds. The molecule has 4 nitrogen and oxygen atoms in total. The molecule has 0 N–H and O–H groups in total. The molecule has 0 bridgehead atoms. The molecule has 0 unspecified atom stereocenters. The minimum atomic E-state index is -0.0494. The van der Waals surface area contributed by atoms with E-state index in [0.717, 1.165) is 32.1 Å². The summed E-state index contributed by atoms with van der Waals surface area (Å²) in [6.07, 6.45) is 0.220. The van der Waals surface area contributed by atoms with Crippen molar-refractivity contribution >= 4 is 55.3 Å². The lowest BCUT2D eigenvalue weighted by Crippen LogP contribution is -2.27. The van der Waals surface area contributed by atoms with E-state index >= 15 is 0 Å². The molecule has 0 spiro atoms. The Bertz CT molecular complexity index is 1110. The van der Waals surface area contributed by atoms with Gasteiger partial charge in [0.25, 0.3) is 0 Å². The molecular weight excluding hydrogens is 454 g/mol. The molecule has 28 heavy (non-hydrogen) atoms. The molecule has 0 radical (unpaired) electrons. The van der Waals surface area contributed by atoms with Gasteiger partial charge in [0.1, 0.15) is 5.01 Å². The summed E-state index contributed by atoms with van der Waals surface area (Å²) < 4.78 is 1.01. The van der Waals surface area contributed by atoms with E-state index in [9.17, 15) is 4.79 Å². The van der Waals surface area contributed by atoms with Crippen molar-refractivity contribution in [1.29, 1.82) is 0 Å². The van der Waals surface area contributed by atoms with E-state index in [2.05, 4.69) is 25.9 Å². The Labute approximate surface area is 179 Å². The van der Waals surface area contributed by atoms with Gasteiger partial charge in [0, 0.05) is 20.8 Å². The van der Waals surface area contributed by atoms with E-state index in [1.807, 2.05) is 72.3 Å². The van der Waals surface area contributed by atoms with Crippen molar-refractivity contribution in [2.24, 2.45) is 0 Å². The Hall–Kier alpha value is -2.35. The van der Waals surface area contributed by atoms with Gasteiger partial charge in [-0.25, -0.2) is 9.97 Å². The first kappa shape index (κ1) is 19.0. The van der Waals surface area contributed by atoms with Gasteiger partial charge in [-0.1, -0.05) is 46.3 Å². The second kappa shape index (κ2) is 8.34. The highest BCUT2D eigenvalue weighted by Gasteiger charge is 2.22. The van der Waals surface area contributed by atoms with Crippen LogP contribution in [-0.4, -0.2) is 15.9 Å². The predicted octanol–water partition coefficient (Wildman–Crippen LogP) is 6.24. The molecule has 0 atom stereocenters. The maximum absolute atomic E-state index is 13.2. The second-order valence-electron chi connectivity index (χ2n) is 6.17. The van der Waals surface area contributed by atoms with Crippen molar-refractivity contribution in [1.82, 2.24) is 9.97 Å². The number of thiazole rings is 2. The summed E-state index contributed by atoms with van der Waals surface area (Å²) >= 11 is 6.50.